The first-order valence-corrected chi connectivity index (χ1v) is 8.12. The summed E-state index contributed by atoms with van der Waals surface area (Å²) in [7, 11) is 0. The predicted octanol–water partition coefficient (Wildman–Crippen LogP) is 4.03. The molecule has 3 nitrogen and oxygen atoms in total. The Bertz CT molecular complexity index is 621. The SMILES string of the molecule is Cc1cc(Br)c(NC(=O)[C@@H](N)Cc2ccccc2)c(Br)c1. The molecule has 110 valence electrons. The summed E-state index contributed by atoms with van der Waals surface area (Å²) in [4.78, 5) is 12.2. The summed E-state index contributed by atoms with van der Waals surface area (Å²) in [6.07, 6.45) is 0.508. The number of carbonyl (C=O) groups is 1. The summed E-state index contributed by atoms with van der Waals surface area (Å²) in [5, 5.41) is 2.87. The van der Waals surface area contributed by atoms with Crippen LogP contribution < -0.4 is 11.1 Å². The van der Waals surface area contributed by atoms with Crippen LogP contribution in [0.5, 0.6) is 0 Å². The first-order chi connectivity index (χ1) is 9.97. The smallest absolute Gasteiger partial charge is 0.241 e. The standard InChI is InChI=1S/C16H16Br2N2O/c1-10-7-12(17)15(13(18)8-10)20-16(21)14(19)9-11-5-3-2-4-6-11/h2-8,14H,9,19H2,1H3,(H,20,21)/t14-/m0/s1. The molecule has 21 heavy (non-hydrogen) atoms. The topological polar surface area (TPSA) is 55.1 Å². The minimum Gasteiger partial charge on any atom is -0.323 e. The van der Waals surface area contributed by atoms with Crippen LogP contribution in [0.2, 0.25) is 0 Å². The van der Waals surface area contributed by atoms with Crippen molar-refractivity contribution in [2.45, 2.75) is 19.4 Å². The van der Waals surface area contributed by atoms with Crippen molar-refractivity contribution >= 4 is 43.5 Å². The molecular formula is C16H16Br2N2O. The van der Waals surface area contributed by atoms with E-state index in [4.69, 9.17) is 5.73 Å². The largest absolute Gasteiger partial charge is 0.323 e. The average molecular weight is 412 g/mol. The fourth-order valence-electron chi connectivity index (χ4n) is 2.00. The highest BCUT2D eigenvalue weighted by atomic mass is 79.9. The van der Waals surface area contributed by atoms with Crippen LogP contribution in [0.4, 0.5) is 5.69 Å². The lowest BCUT2D eigenvalue weighted by atomic mass is 10.1. The number of benzene rings is 2. The normalized spacial score (nSPS) is 12.0. The lowest BCUT2D eigenvalue weighted by Gasteiger charge is -2.15. The number of hydrogen-bond donors (Lipinski definition) is 2. The van der Waals surface area contributed by atoms with Crippen molar-refractivity contribution in [1.29, 1.82) is 0 Å². The maximum atomic E-state index is 12.2. The van der Waals surface area contributed by atoms with E-state index in [9.17, 15) is 4.79 Å². The molecule has 0 bridgehead atoms. The number of amides is 1. The van der Waals surface area contributed by atoms with Gasteiger partial charge in [0.15, 0.2) is 0 Å². The van der Waals surface area contributed by atoms with Crippen LogP contribution in [0.25, 0.3) is 0 Å². The van der Waals surface area contributed by atoms with Crippen LogP contribution in [0.1, 0.15) is 11.1 Å². The lowest BCUT2D eigenvalue weighted by molar-refractivity contribution is -0.117. The number of halogens is 2. The molecule has 1 amide bonds. The molecule has 0 aliphatic carbocycles. The van der Waals surface area contributed by atoms with Gasteiger partial charge in [0.1, 0.15) is 0 Å². The Morgan fingerprint density at radius 2 is 1.76 bits per heavy atom. The van der Waals surface area contributed by atoms with Gasteiger partial charge in [-0.25, -0.2) is 0 Å². The molecule has 2 aromatic rings. The zero-order valence-corrected chi connectivity index (χ0v) is 14.7. The van der Waals surface area contributed by atoms with E-state index in [2.05, 4.69) is 37.2 Å². The van der Waals surface area contributed by atoms with E-state index < -0.39 is 6.04 Å². The van der Waals surface area contributed by atoms with Crippen molar-refractivity contribution in [3.63, 3.8) is 0 Å². The van der Waals surface area contributed by atoms with Crippen LogP contribution in [0.3, 0.4) is 0 Å². The van der Waals surface area contributed by atoms with Crippen molar-refractivity contribution < 1.29 is 4.79 Å². The summed E-state index contributed by atoms with van der Waals surface area (Å²) in [5.74, 6) is -0.205. The van der Waals surface area contributed by atoms with Crippen LogP contribution in [0.15, 0.2) is 51.4 Å². The fourth-order valence-corrected chi connectivity index (χ4v) is 3.61. The molecule has 0 spiro atoms. The zero-order valence-electron chi connectivity index (χ0n) is 11.6. The number of hydrogen-bond acceptors (Lipinski definition) is 2. The van der Waals surface area contributed by atoms with E-state index in [0.29, 0.717) is 12.1 Å². The van der Waals surface area contributed by atoms with Gasteiger partial charge in [-0.3, -0.25) is 4.79 Å². The number of rotatable bonds is 4. The Hall–Kier alpha value is -1.17. The van der Waals surface area contributed by atoms with E-state index in [1.165, 1.54) is 0 Å². The van der Waals surface area contributed by atoms with Gasteiger partial charge in [0, 0.05) is 8.95 Å². The van der Waals surface area contributed by atoms with Crippen LogP contribution >= 0.6 is 31.9 Å². The molecule has 0 unspecified atom stereocenters. The molecule has 1 atom stereocenters. The van der Waals surface area contributed by atoms with Gasteiger partial charge in [-0.05, 0) is 68.5 Å². The summed E-state index contributed by atoms with van der Waals surface area (Å²) in [6, 6.07) is 13.0. The quantitative estimate of drug-likeness (QED) is 0.797. The van der Waals surface area contributed by atoms with Crippen molar-refractivity contribution in [2.24, 2.45) is 5.73 Å². The molecule has 0 aliphatic rings. The number of nitrogens with two attached hydrogens (primary N) is 1. The zero-order chi connectivity index (χ0) is 15.4. The third-order valence-corrected chi connectivity index (χ3v) is 4.32. The molecule has 0 aliphatic heterocycles. The Morgan fingerprint density at radius 1 is 1.19 bits per heavy atom. The first kappa shape index (κ1) is 16.2. The molecule has 2 aromatic carbocycles. The van der Waals surface area contributed by atoms with Crippen molar-refractivity contribution in [1.82, 2.24) is 0 Å². The van der Waals surface area contributed by atoms with Gasteiger partial charge in [0.05, 0.1) is 11.7 Å². The molecular weight excluding hydrogens is 396 g/mol. The van der Waals surface area contributed by atoms with Gasteiger partial charge in [-0.15, -0.1) is 0 Å². The van der Waals surface area contributed by atoms with Gasteiger partial charge < -0.3 is 11.1 Å². The van der Waals surface area contributed by atoms with E-state index in [0.717, 1.165) is 20.1 Å². The number of anilines is 1. The average Bonchev–Trinajstić information content (AvgIpc) is 2.43. The minimum absolute atomic E-state index is 0.205. The third-order valence-electron chi connectivity index (χ3n) is 3.07. The summed E-state index contributed by atoms with van der Waals surface area (Å²) in [5.41, 5.74) is 8.83. The Balaban J connectivity index is 2.08. The molecule has 0 aromatic heterocycles. The predicted molar refractivity (Wildman–Crippen MR) is 93.3 cm³/mol. The number of aryl methyl sites for hydroxylation is 1. The summed E-state index contributed by atoms with van der Waals surface area (Å²) in [6.45, 7) is 1.99. The fraction of sp³-hybridized carbons (Fsp3) is 0.188. The molecule has 0 saturated carbocycles. The molecule has 0 saturated heterocycles. The second-order valence-corrected chi connectivity index (χ2v) is 6.60. The number of carbonyl (C=O) groups excluding carboxylic acids is 1. The summed E-state index contributed by atoms with van der Waals surface area (Å²) >= 11 is 6.91. The Morgan fingerprint density at radius 3 is 2.33 bits per heavy atom. The highest BCUT2D eigenvalue weighted by Crippen LogP contribution is 2.32. The van der Waals surface area contributed by atoms with E-state index in [-0.39, 0.29) is 5.91 Å². The van der Waals surface area contributed by atoms with Crippen LogP contribution in [-0.2, 0) is 11.2 Å². The van der Waals surface area contributed by atoms with Gasteiger partial charge in [0.25, 0.3) is 0 Å². The second kappa shape index (κ2) is 7.20. The third kappa shape index (κ3) is 4.40. The summed E-state index contributed by atoms with van der Waals surface area (Å²) < 4.78 is 1.66. The molecule has 5 heteroatoms. The van der Waals surface area contributed by atoms with Gasteiger partial charge in [-0.2, -0.15) is 0 Å². The molecule has 0 fully saturated rings. The van der Waals surface area contributed by atoms with E-state index in [1.54, 1.807) is 0 Å². The Labute approximate surface area is 141 Å². The van der Waals surface area contributed by atoms with Crippen molar-refractivity contribution in [2.75, 3.05) is 5.32 Å². The monoisotopic (exact) mass is 410 g/mol. The van der Waals surface area contributed by atoms with Crippen LogP contribution in [0, 0.1) is 6.92 Å². The highest BCUT2D eigenvalue weighted by molar-refractivity contribution is 9.11. The second-order valence-electron chi connectivity index (χ2n) is 4.89. The lowest BCUT2D eigenvalue weighted by Crippen LogP contribution is -2.37. The minimum atomic E-state index is -0.590. The molecule has 3 N–H and O–H groups in total. The molecule has 2 rings (SSSR count). The molecule has 0 radical (unpaired) electrons. The van der Waals surface area contributed by atoms with E-state index in [1.807, 2.05) is 49.4 Å². The van der Waals surface area contributed by atoms with Gasteiger partial charge >= 0.3 is 0 Å². The van der Waals surface area contributed by atoms with Gasteiger partial charge in [-0.1, -0.05) is 30.3 Å². The highest BCUT2D eigenvalue weighted by Gasteiger charge is 2.17. The number of nitrogens with one attached hydrogen (secondary N) is 1. The van der Waals surface area contributed by atoms with Gasteiger partial charge in [0.2, 0.25) is 5.91 Å². The van der Waals surface area contributed by atoms with Crippen LogP contribution in [-0.4, -0.2) is 11.9 Å². The molecule has 0 heterocycles. The first-order valence-electron chi connectivity index (χ1n) is 6.53. The maximum Gasteiger partial charge on any atom is 0.241 e. The maximum absolute atomic E-state index is 12.2. The van der Waals surface area contributed by atoms with E-state index >= 15 is 0 Å². The van der Waals surface area contributed by atoms with Crippen molar-refractivity contribution in [3.05, 3.63) is 62.5 Å². The Kier molecular flexibility index (Phi) is 5.56. The van der Waals surface area contributed by atoms with Crippen molar-refractivity contribution in [3.8, 4) is 0 Å².